The molecular weight excluding hydrogens is 413 g/mol. The van der Waals surface area contributed by atoms with Crippen LogP contribution in [0.25, 0.3) is 5.69 Å². The van der Waals surface area contributed by atoms with Crippen molar-refractivity contribution in [3.05, 3.63) is 65.1 Å². The molecule has 4 rings (SSSR count). The largest absolute Gasteiger partial charge is 0.496 e. The Bertz CT molecular complexity index is 1110. The number of nitrogens with zero attached hydrogens (tertiary/aromatic N) is 3. The number of halogens is 3. The Morgan fingerprint density at radius 2 is 2.13 bits per heavy atom. The SMILES string of the molecule is COc1cc(-n2nc(NC(=O)c3cccnc3)c3c2C[C@H](C)OC3)ccc1C(F)(F)F. The highest BCUT2D eigenvalue weighted by Gasteiger charge is 2.35. The number of methoxy groups -OCH3 is 1. The van der Waals surface area contributed by atoms with Crippen LogP contribution in [0.1, 0.15) is 34.1 Å². The van der Waals surface area contributed by atoms with Gasteiger partial charge in [0.2, 0.25) is 0 Å². The van der Waals surface area contributed by atoms with Crippen molar-refractivity contribution >= 4 is 11.7 Å². The van der Waals surface area contributed by atoms with Crippen molar-refractivity contribution in [1.29, 1.82) is 0 Å². The minimum Gasteiger partial charge on any atom is -0.496 e. The Labute approximate surface area is 175 Å². The number of benzene rings is 1. The molecule has 0 bridgehead atoms. The van der Waals surface area contributed by atoms with Gasteiger partial charge in [0.25, 0.3) is 5.91 Å². The maximum Gasteiger partial charge on any atom is 0.419 e. The molecule has 10 heteroatoms. The smallest absolute Gasteiger partial charge is 0.419 e. The summed E-state index contributed by atoms with van der Waals surface area (Å²) in [4.78, 5) is 16.5. The van der Waals surface area contributed by atoms with Crippen LogP contribution in [0, 0.1) is 0 Å². The fourth-order valence-electron chi connectivity index (χ4n) is 3.44. The van der Waals surface area contributed by atoms with E-state index in [9.17, 15) is 18.0 Å². The molecule has 0 saturated carbocycles. The number of amides is 1. The van der Waals surface area contributed by atoms with Crippen molar-refractivity contribution in [2.45, 2.75) is 32.2 Å². The maximum atomic E-state index is 13.2. The zero-order valence-electron chi connectivity index (χ0n) is 16.7. The highest BCUT2D eigenvalue weighted by molar-refractivity contribution is 6.03. The number of pyridine rings is 1. The molecule has 0 fully saturated rings. The molecular formula is C21H19F3N4O3. The second kappa shape index (κ2) is 8.03. The van der Waals surface area contributed by atoms with Crippen LogP contribution in [0.5, 0.6) is 5.75 Å². The molecule has 0 saturated heterocycles. The van der Waals surface area contributed by atoms with Crippen LogP contribution in [0.4, 0.5) is 19.0 Å². The fourth-order valence-corrected chi connectivity index (χ4v) is 3.44. The van der Waals surface area contributed by atoms with Crippen molar-refractivity contribution in [2.24, 2.45) is 0 Å². The number of rotatable bonds is 4. The first-order valence-electron chi connectivity index (χ1n) is 9.47. The predicted octanol–water partition coefficient (Wildman–Crippen LogP) is 4.01. The highest BCUT2D eigenvalue weighted by Crippen LogP contribution is 2.38. The molecule has 1 atom stereocenters. The lowest BCUT2D eigenvalue weighted by molar-refractivity contribution is -0.138. The van der Waals surface area contributed by atoms with Gasteiger partial charge in [-0.2, -0.15) is 13.2 Å². The van der Waals surface area contributed by atoms with E-state index in [1.165, 1.54) is 30.1 Å². The van der Waals surface area contributed by atoms with E-state index in [0.29, 0.717) is 23.2 Å². The van der Waals surface area contributed by atoms with Gasteiger partial charge in [-0.25, -0.2) is 4.68 Å². The number of fused-ring (bicyclic) bond motifs is 1. The van der Waals surface area contributed by atoms with Gasteiger partial charge in [0.05, 0.1) is 42.3 Å². The van der Waals surface area contributed by atoms with Gasteiger partial charge in [-0.05, 0) is 31.2 Å². The molecule has 0 radical (unpaired) electrons. The summed E-state index contributed by atoms with van der Waals surface area (Å²) < 4.78 is 51.9. The van der Waals surface area contributed by atoms with Crippen molar-refractivity contribution < 1.29 is 27.4 Å². The molecule has 1 amide bonds. The summed E-state index contributed by atoms with van der Waals surface area (Å²) in [5.74, 6) is -0.422. The highest BCUT2D eigenvalue weighted by atomic mass is 19.4. The van der Waals surface area contributed by atoms with Gasteiger partial charge in [-0.15, -0.1) is 5.10 Å². The van der Waals surface area contributed by atoms with E-state index in [0.717, 1.165) is 11.8 Å². The first-order valence-corrected chi connectivity index (χ1v) is 9.47. The number of hydrogen-bond acceptors (Lipinski definition) is 5. The van der Waals surface area contributed by atoms with Gasteiger partial charge in [0.15, 0.2) is 5.82 Å². The van der Waals surface area contributed by atoms with E-state index in [1.807, 2.05) is 6.92 Å². The molecule has 2 aromatic heterocycles. The topological polar surface area (TPSA) is 78.3 Å². The molecule has 31 heavy (non-hydrogen) atoms. The number of aromatic nitrogens is 3. The van der Waals surface area contributed by atoms with Crippen LogP contribution < -0.4 is 10.1 Å². The minimum absolute atomic E-state index is 0.110. The monoisotopic (exact) mass is 432 g/mol. The Morgan fingerprint density at radius 3 is 2.81 bits per heavy atom. The molecule has 0 aliphatic carbocycles. The minimum atomic E-state index is -4.54. The summed E-state index contributed by atoms with van der Waals surface area (Å²) in [6.45, 7) is 2.11. The molecule has 1 aromatic carbocycles. The van der Waals surface area contributed by atoms with Gasteiger partial charge in [0.1, 0.15) is 5.75 Å². The molecule has 3 aromatic rings. The van der Waals surface area contributed by atoms with E-state index in [2.05, 4.69) is 15.4 Å². The number of ether oxygens (including phenoxy) is 2. The molecule has 0 unspecified atom stereocenters. The zero-order chi connectivity index (χ0) is 22.2. The first-order chi connectivity index (χ1) is 14.8. The lowest BCUT2D eigenvalue weighted by atomic mass is 10.1. The molecule has 162 valence electrons. The summed E-state index contributed by atoms with van der Waals surface area (Å²) in [5, 5.41) is 7.23. The van der Waals surface area contributed by atoms with Crippen LogP contribution in [0.3, 0.4) is 0 Å². The number of carbonyl (C=O) groups is 1. The molecule has 0 spiro atoms. The zero-order valence-corrected chi connectivity index (χ0v) is 16.7. The predicted molar refractivity (Wildman–Crippen MR) is 105 cm³/mol. The number of carbonyl (C=O) groups excluding carboxylic acids is 1. The van der Waals surface area contributed by atoms with Gasteiger partial charge in [-0.1, -0.05) is 0 Å². The average molecular weight is 432 g/mol. The number of anilines is 1. The molecule has 1 aliphatic rings. The average Bonchev–Trinajstić information content (AvgIpc) is 3.10. The van der Waals surface area contributed by atoms with Crippen LogP contribution in [-0.4, -0.2) is 33.9 Å². The quantitative estimate of drug-likeness (QED) is 0.674. The van der Waals surface area contributed by atoms with Crippen LogP contribution in [-0.2, 0) is 23.9 Å². The molecule has 1 N–H and O–H groups in total. The summed E-state index contributed by atoms with van der Waals surface area (Å²) in [6.07, 6.45) is -1.19. The maximum absolute atomic E-state index is 13.2. The summed E-state index contributed by atoms with van der Waals surface area (Å²) >= 11 is 0. The van der Waals surface area contributed by atoms with Gasteiger partial charge in [0, 0.05) is 30.4 Å². The third kappa shape index (κ3) is 4.11. The second-order valence-electron chi connectivity index (χ2n) is 7.09. The lowest BCUT2D eigenvalue weighted by Gasteiger charge is -2.21. The number of nitrogens with one attached hydrogen (secondary N) is 1. The van der Waals surface area contributed by atoms with Crippen molar-refractivity contribution in [1.82, 2.24) is 14.8 Å². The van der Waals surface area contributed by atoms with Crippen LogP contribution in [0.2, 0.25) is 0 Å². The van der Waals surface area contributed by atoms with Gasteiger partial charge >= 0.3 is 6.18 Å². The van der Waals surface area contributed by atoms with Gasteiger partial charge < -0.3 is 14.8 Å². The normalized spacial score (nSPS) is 16.0. The third-order valence-corrected chi connectivity index (χ3v) is 4.97. The Kier molecular flexibility index (Phi) is 5.40. The Hall–Kier alpha value is -3.40. The van der Waals surface area contributed by atoms with E-state index >= 15 is 0 Å². The van der Waals surface area contributed by atoms with E-state index in [1.54, 1.807) is 18.3 Å². The summed E-state index contributed by atoms with van der Waals surface area (Å²) in [6, 6.07) is 6.82. The number of hydrogen-bond donors (Lipinski definition) is 1. The first kappa shape index (κ1) is 20.9. The number of alkyl halides is 3. The fraction of sp³-hybridized carbons (Fsp3) is 0.286. The van der Waals surface area contributed by atoms with E-state index in [-0.39, 0.29) is 24.3 Å². The van der Waals surface area contributed by atoms with Crippen molar-refractivity contribution in [2.75, 3.05) is 12.4 Å². The standard InChI is InChI=1S/C21H19F3N4O3/c1-12-8-17-15(11-31-12)19(26-20(29)13-4-3-7-25-10-13)27-28(17)14-5-6-16(21(22,23)24)18(9-14)30-2/h3-7,9-10,12H,8,11H2,1-2H3,(H,26,27,29)/t12-/m0/s1. The van der Waals surface area contributed by atoms with E-state index in [4.69, 9.17) is 9.47 Å². The molecule has 1 aliphatic heterocycles. The Morgan fingerprint density at radius 1 is 1.32 bits per heavy atom. The summed E-state index contributed by atoms with van der Waals surface area (Å²) in [5.41, 5.74) is 1.29. The van der Waals surface area contributed by atoms with Crippen molar-refractivity contribution in [3.63, 3.8) is 0 Å². The van der Waals surface area contributed by atoms with Crippen molar-refractivity contribution in [3.8, 4) is 11.4 Å². The Balaban J connectivity index is 1.76. The van der Waals surface area contributed by atoms with Gasteiger partial charge in [-0.3, -0.25) is 9.78 Å². The molecule has 3 heterocycles. The third-order valence-electron chi connectivity index (χ3n) is 4.97. The lowest BCUT2D eigenvalue weighted by Crippen LogP contribution is -2.21. The van der Waals surface area contributed by atoms with Crippen LogP contribution in [0.15, 0.2) is 42.7 Å². The molecule has 7 nitrogen and oxygen atoms in total. The summed E-state index contributed by atoms with van der Waals surface area (Å²) in [7, 11) is 1.18. The second-order valence-corrected chi connectivity index (χ2v) is 7.09. The van der Waals surface area contributed by atoms with E-state index < -0.39 is 17.6 Å². The van der Waals surface area contributed by atoms with Crippen LogP contribution >= 0.6 is 0 Å².